The molecule has 0 aliphatic rings. The lowest BCUT2D eigenvalue weighted by molar-refractivity contribution is 0.0597. The number of nitrogen functional groups attached to an aromatic ring is 1. The SMILES string of the molecule is COC(=O)c1cc(N)cnc1Oc1ccc(F)c(Cl)c1. The Morgan fingerprint density at radius 2 is 2.15 bits per heavy atom. The van der Waals surface area contributed by atoms with E-state index in [9.17, 15) is 9.18 Å². The molecule has 0 spiro atoms. The van der Waals surface area contributed by atoms with Crippen molar-refractivity contribution in [2.75, 3.05) is 12.8 Å². The summed E-state index contributed by atoms with van der Waals surface area (Å²) in [6, 6.07) is 5.16. The maximum absolute atomic E-state index is 13.1. The first-order chi connectivity index (χ1) is 9.51. The first-order valence-electron chi connectivity index (χ1n) is 5.48. The molecule has 1 heterocycles. The summed E-state index contributed by atoms with van der Waals surface area (Å²) in [5, 5.41) is -0.0995. The number of halogens is 2. The second kappa shape index (κ2) is 5.75. The van der Waals surface area contributed by atoms with Gasteiger partial charge in [-0.15, -0.1) is 0 Å². The summed E-state index contributed by atoms with van der Waals surface area (Å²) in [5.74, 6) is -0.988. The van der Waals surface area contributed by atoms with Gasteiger partial charge in [-0.25, -0.2) is 14.2 Å². The number of carbonyl (C=O) groups is 1. The molecule has 0 aliphatic heterocycles. The van der Waals surface area contributed by atoms with E-state index >= 15 is 0 Å². The van der Waals surface area contributed by atoms with Crippen molar-refractivity contribution in [2.45, 2.75) is 0 Å². The van der Waals surface area contributed by atoms with E-state index in [1.807, 2.05) is 0 Å². The minimum Gasteiger partial charge on any atom is -0.465 e. The molecule has 0 aliphatic carbocycles. The third kappa shape index (κ3) is 2.97. The molecule has 1 aromatic heterocycles. The standard InChI is InChI=1S/C13H10ClFN2O3/c1-19-13(18)9-4-7(16)6-17-12(9)20-8-2-3-11(15)10(14)5-8/h2-6H,16H2,1H3. The summed E-state index contributed by atoms with van der Waals surface area (Å²) >= 11 is 5.65. The van der Waals surface area contributed by atoms with Crippen LogP contribution in [-0.4, -0.2) is 18.1 Å². The first kappa shape index (κ1) is 14.1. The number of esters is 1. The lowest BCUT2D eigenvalue weighted by Crippen LogP contribution is -2.06. The first-order valence-corrected chi connectivity index (χ1v) is 5.86. The largest absolute Gasteiger partial charge is 0.465 e. The van der Waals surface area contributed by atoms with Crippen LogP contribution in [0, 0.1) is 5.82 Å². The van der Waals surface area contributed by atoms with Crippen molar-refractivity contribution in [3.8, 4) is 11.6 Å². The molecule has 0 unspecified atom stereocenters. The van der Waals surface area contributed by atoms with Crippen molar-refractivity contribution in [1.82, 2.24) is 4.98 Å². The van der Waals surface area contributed by atoms with Crippen LogP contribution in [0.2, 0.25) is 5.02 Å². The molecule has 0 saturated heterocycles. The number of ether oxygens (including phenoxy) is 2. The fourth-order valence-electron chi connectivity index (χ4n) is 1.46. The number of hydrogen-bond donors (Lipinski definition) is 1. The number of hydrogen-bond acceptors (Lipinski definition) is 5. The Labute approximate surface area is 119 Å². The fourth-order valence-corrected chi connectivity index (χ4v) is 1.63. The second-order valence-corrected chi connectivity index (χ2v) is 4.20. The van der Waals surface area contributed by atoms with Crippen molar-refractivity contribution in [3.63, 3.8) is 0 Å². The van der Waals surface area contributed by atoms with Crippen molar-refractivity contribution >= 4 is 23.3 Å². The number of nitrogens with two attached hydrogens (primary N) is 1. The summed E-state index contributed by atoms with van der Waals surface area (Å²) in [6.07, 6.45) is 1.33. The predicted molar refractivity (Wildman–Crippen MR) is 71.5 cm³/mol. The third-order valence-corrected chi connectivity index (χ3v) is 2.67. The van der Waals surface area contributed by atoms with E-state index < -0.39 is 11.8 Å². The van der Waals surface area contributed by atoms with E-state index in [2.05, 4.69) is 9.72 Å². The van der Waals surface area contributed by atoms with Gasteiger partial charge in [0.2, 0.25) is 5.88 Å². The lowest BCUT2D eigenvalue weighted by Gasteiger charge is -2.09. The van der Waals surface area contributed by atoms with Gasteiger partial charge in [0.15, 0.2) is 0 Å². The van der Waals surface area contributed by atoms with Crippen LogP contribution in [0.25, 0.3) is 0 Å². The molecule has 0 fully saturated rings. The van der Waals surface area contributed by atoms with E-state index in [1.54, 1.807) is 0 Å². The van der Waals surface area contributed by atoms with E-state index in [0.29, 0.717) is 0 Å². The van der Waals surface area contributed by atoms with Crippen molar-refractivity contribution in [2.24, 2.45) is 0 Å². The highest BCUT2D eigenvalue weighted by molar-refractivity contribution is 6.30. The number of methoxy groups -OCH3 is 1. The van der Waals surface area contributed by atoms with Crippen LogP contribution in [0.4, 0.5) is 10.1 Å². The van der Waals surface area contributed by atoms with E-state index in [1.165, 1.54) is 31.5 Å². The maximum atomic E-state index is 13.1. The molecule has 1 aromatic carbocycles. The second-order valence-electron chi connectivity index (χ2n) is 3.79. The summed E-state index contributed by atoms with van der Waals surface area (Å²) in [4.78, 5) is 15.5. The molecule has 0 bridgehead atoms. The highest BCUT2D eigenvalue weighted by atomic mass is 35.5. The topological polar surface area (TPSA) is 74.4 Å². The van der Waals surface area contributed by atoms with E-state index in [-0.39, 0.29) is 27.9 Å². The zero-order valence-electron chi connectivity index (χ0n) is 10.4. The Bertz CT molecular complexity index is 664. The molecule has 0 atom stereocenters. The van der Waals surface area contributed by atoms with Gasteiger partial charge >= 0.3 is 5.97 Å². The highest BCUT2D eigenvalue weighted by Crippen LogP contribution is 2.28. The minimum atomic E-state index is -0.645. The summed E-state index contributed by atoms with van der Waals surface area (Å²) in [7, 11) is 1.23. The van der Waals surface area contributed by atoms with Gasteiger partial charge in [0.05, 0.1) is 24.0 Å². The normalized spacial score (nSPS) is 10.2. The van der Waals surface area contributed by atoms with Gasteiger partial charge in [-0.05, 0) is 18.2 Å². The van der Waals surface area contributed by atoms with Crippen LogP contribution in [-0.2, 0) is 4.74 Å². The molecular weight excluding hydrogens is 287 g/mol. The fraction of sp³-hybridized carbons (Fsp3) is 0.0769. The smallest absolute Gasteiger partial charge is 0.343 e. The van der Waals surface area contributed by atoms with Crippen LogP contribution in [0.1, 0.15) is 10.4 Å². The quantitative estimate of drug-likeness (QED) is 0.881. The lowest BCUT2D eigenvalue weighted by atomic mass is 10.2. The van der Waals surface area contributed by atoms with Gasteiger partial charge in [-0.1, -0.05) is 11.6 Å². The Hall–Kier alpha value is -2.34. The monoisotopic (exact) mass is 296 g/mol. The van der Waals surface area contributed by atoms with Gasteiger partial charge in [-0.2, -0.15) is 0 Å². The summed E-state index contributed by atoms with van der Waals surface area (Å²) < 4.78 is 23.1. The van der Waals surface area contributed by atoms with Crippen molar-refractivity contribution < 1.29 is 18.7 Å². The molecule has 2 rings (SSSR count). The van der Waals surface area contributed by atoms with E-state index in [4.69, 9.17) is 22.1 Å². The van der Waals surface area contributed by atoms with Gasteiger partial charge in [0.1, 0.15) is 17.1 Å². The Morgan fingerprint density at radius 1 is 1.40 bits per heavy atom. The molecule has 20 heavy (non-hydrogen) atoms. The molecule has 104 valence electrons. The number of anilines is 1. The Kier molecular flexibility index (Phi) is 4.05. The predicted octanol–water partition coefficient (Wildman–Crippen LogP) is 3.04. The van der Waals surface area contributed by atoms with Gasteiger partial charge < -0.3 is 15.2 Å². The van der Waals surface area contributed by atoms with Crippen LogP contribution in [0.5, 0.6) is 11.6 Å². The number of pyridine rings is 1. The molecule has 0 radical (unpaired) electrons. The number of benzene rings is 1. The van der Waals surface area contributed by atoms with Gasteiger partial charge in [0.25, 0.3) is 0 Å². The molecule has 7 heteroatoms. The van der Waals surface area contributed by atoms with E-state index in [0.717, 1.165) is 6.07 Å². The Morgan fingerprint density at radius 3 is 2.80 bits per heavy atom. The summed E-state index contributed by atoms with van der Waals surface area (Å²) in [5.41, 5.74) is 5.91. The van der Waals surface area contributed by atoms with Crippen LogP contribution in [0.3, 0.4) is 0 Å². The third-order valence-electron chi connectivity index (χ3n) is 2.38. The number of carbonyl (C=O) groups excluding carboxylic acids is 1. The Balaban J connectivity index is 2.37. The summed E-state index contributed by atoms with van der Waals surface area (Å²) in [6.45, 7) is 0. The average molecular weight is 297 g/mol. The minimum absolute atomic E-state index is 0.00581. The average Bonchev–Trinajstić information content (AvgIpc) is 2.44. The zero-order chi connectivity index (χ0) is 14.7. The van der Waals surface area contributed by atoms with Crippen LogP contribution in [0.15, 0.2) is 30.5 Å². The molecular formula is C13H10ClFN2O3. The molecule has 5 nitrogen and oxygen atoms in total. The van der Waals surface area contributed by atoms with Crippen LogP contribution < -0.4 is 10.5 Å². The molecule has 2 N–H and O–H groups in total. The number of nitrogens with zero attached hydrogens (tertiary/aromatic N) is 1. The molecule has 2 aromatic rings. The molecule has 0 saturated carbocycles. The van der Waals surface area contributed by atoms with Crippen molar-refractivity contribution in [3.05, 3.63) is 46.9 Å². The van der Waals surface area contributed by atoms with Crippen LogP contribution >= 0.6 is 11.6 Å². The van der Waals surface area contributed by atoms with Gasteiger partial charge in [0, 0.05) is 6.07 Å². The van der Waals surface area contributed by atoms with Gasteiger partial charge in [-0.3, -0.25) is 0 Å². The maximum Gasteiger partial charge on any atom is 0.343 e. The number of aromatic nitrogens is 1. The van der Waals surface area contributed by atoms with Crippen molar-refractivity contribution in [1.29, 1.82) is 0 Å². The zero-order valence-corrected chi connectivity index (χ0v) is 11.1. The molecule has 0 amide bonds. The number of rotatable bonds is 3. The highest BCUT2D eigenvalue weighted by Gasteiger charge is 2.16.